The van der Waals surface area contributed by atoms with Gasteiger partial charge in [0.25, 0.3) is 0 Å². The van der Waals surface area contributed by atoms with Gasteiger partial charge in [-0.05, 0) is 50.2 Å². The Labute approximate surface area is 184 Å². The highest BCUT2D eigenvalue weighted by atomic mass is 32.1. The molecular formula is C22H23N5OS2. The zero-order chi connectivity index (χ0) is 20.9. The van der Waals surface area contributed by atoms with Gasteiger partial charge >= 0.3 is 0 Å². The highest BCUT2D eigenvalue weighted by Gasteiger charge is 2.23. The molecule has 0 aromatic carbocycles. The van der Waals surface area contributed by atoms with Gasteiger partial charge in [0, 0.05) is 19.3 Å². The smallest absolute Gasteiger partial charge is 0.215 e. The maximum Gasteiger partial charge on any atom is 0.215 e. The Morgan fingerprint density at radius 1 is 1.20 bits per heavy atom. The van der Waals surface area contributed by atoms with Crippen LogP contribution in [0.1, 0.15) is 39.4 Å². The van der Waals surface area contributed by atoms with Crippen molar-refractivity contribution in [1.82, 2.24) is 9.88 Å². The lowest BCUT2D eigenvalue weighted by Gasteiger charge is -2.26. The van der Waals surface area contributed by atoms with Gasteiger partial charge in [0.1, 0.15) is 21.5 Å². The van der Waals surface area contributed by atoms with Crippen molar-refractivity contribution in [3.63, 3.8) is 0 Å². The number of hydrogen-bond donors (Lipinski definition) is 2. The lowest BCUT2D eigenvalue weighted by Crippen LogP contribution is -2.33. The molecule has 0 unspecified atom stereocenters. The zero-order valence-corrected chi connectivity index (χ0v) is 18.2. The second kappa shape index (κ2) is 9.39. The first-order valence-electron chi connectivity index (χ1n) is 10.0. The lowest BCUT2D eigenvalue weighted by atomic mass is 10.1. The molecule has 0 aliphatic carbocycles. The first kappa shape index (κ1) is 20.5. The van der Waals surface area contributed by atoms with E-state index in [0.717, 1.165) is 36.8 Å². The van der Waals surface area contributed by atoms with Crippen LogP contribution in [0.5, 0.6) is 0 Å². The summed E-state index contributed by atoms with van der Waals surface area (Å²) in [4.78, 5) is 21.8. The maximum atomic E-state index is 13.1. The number of anilines is 2. The molecule has 1 aliphatic rings. The van der Waals surface area contributed by atoms with Crippen LogP contribution in [0.15, 0.2) is 36.5 Å². The topological polar surface area (TPSA) is 95.0 Å². The van der Waals surface area contributed by atoms with Crippen LogP contribution in [0.4, 0.5) is 10.7 Å². The summed E-state index contributed by atoms with van der Waals surface area (Å²) in [7, 11) is 0. The Kier molecular flexibility index (Phi) is 6.43. The summed E-state index contributed by atoms with van der Waals surface area (Å²) in [6.45, 7) is 3.90. The highest BCUT2D eigenvalue weighted by molar-refractivity contribution is 7.21. The van der Waals surface area contributed by atoms with Crippen LogP contribution < -0.4 is 11.1 Å². The number of carbonyl (C=O) groups excluding carboxylic acids is 1. The average Bonchev–Trinajstić information content (AvgIpc) is 3.40. The fraction of sp³-hybridized carbons (Fsp3) is 0.318. The van der Waals surface area contributed by atoms with Crippen LogP contribution >= 0.6 is 22.7 Å². The van der Waals surface area contributed by atoms with E-state index in [-0.39, 0.29) is 11.5 Å². The Morgan fingerprint density at radius 2 is 2.03 bits per heavy atom. The molecule has 4 heterocycles. The van der Waals surface area contributed by atoms with Crippen molar-refractivity contribution in [3.05, 3.63) is 51.8 Å². The van der Waals surface area contributed by atoms with Gasteiger partial charge in [0.05, 0.1) is 21.1 Å². The summed E-state index contributed by atoms with van der Waals surface area (Å²) in [5.74, 6) is -0.148. The highest BCUT2D eigenvalue weighted by Crippen LogP contribution is 2.38. The number of nitrogens with zero attached hydrogens (tertiary/aromatic N) is 3. The molecule has 0 amide bonds. The van der Waals surface area contributed by atoms with Gasteiger partial charge in [0.2, 0.25) is 5.78 Å². The minimum Gasteiger partial charge on any atom is -0.396 e. The normalized spacial score (nSPS) is 14.4. The van der Waals surface area contributed by atoms with Gasteiger partial charge in [-0.25, -0.2) is 0 Å². The van der Waals surface area contributed by atoms with Gasteiger partial charge in [-0.1, -0.05) is 12.5 Å². The summed E-state index contributed by atoms with van der Waals surface area (Å²) in [6, 6.07) is 11.5. The largest absolute Gasteiger partial charge is 0.396 e. The van der Waals surface area contributed by atoms with E-state index >= 15 is 0 Å². The predicted molar refractivity (Wildman–Crippen MR) is 123 cm³/mol. The molecule has 0 radical (unpaired) electrons. The summed E-state index contributed by atoms with van der Waals surface area (Å²) >= 11 is 2.66. The van der Waals surface area contributed by atoms with Gasteiger partial charge in [-0.2, -0.15) is 5.26 Å². The number of nitrogen functional groups attached to an aromatic ring is 1. The maximum absolute atomic E-state index is 13.1. The molecule has 3 aromatic rings. The van der Waals surface area contributed by atoms with Crippen molar-refractivity contribution in [2.45, 2.75) is 19.3 Å². The van der Waals surface area contributed by atoms with Crippen LogP contribution in [0.2, 0.25) is 0 Å². The van der Waals surface area contributed by atoms with E-state index in [4.69, 9.17) is 5.73 Å². The molecule has 0 saturated carbocycles. The van der Waals surface area contributed by atoms with Crippen LogP contribution in [0, 0.1) is 11.3 Å². The minimum atomic E-state index is -0.148. The number of ketones is 1. The van der Waals surface area contributed by atoms with Crippen molar-refractivity contribution in [2.24, 2.45) is 0 Å². The molecule has 8 heteroatoms. The van der Waals surface area contributed by atoms with E-state index in [1.54, 1.807) is 12.3 Å². The summed E-state index contributed by atoms with van der Waals surface area (Å²) in [5, 5.41) is 13.6. The molecule has 3 aromatic heterocycles. The monoisotopic (exact) mass is 437 g/mol. The van der Waals surface area contributed by atoms with Crippen LogP contribution in [0.25, 0.3) is 10.6 Å². The third kappa shape index (κ3) is 4.38. The van der Waals surface area contributed by atoms with Crippen molar-refractivity contribution in [1.29, 1.82) is 5.26 Å². The standard InChI is InChI=1S/C22H23N5OS2/c23-14-15-19(24)21(30-22(15)26-10-13-27-11-4-1-5-12-27)20(28)18-8-7-17(29-18)16-6-2-3-9-25-16/h2-3,6-9,26H,1,4-5,10-13,24H2. The Balaban J connectivity index is 1.49. The zero-order valence-electron chi connectivity index (χ0n) is 16.6. The molecular weight excluding hydrogens is 414 g/mol. The summed E-state index contributed by atoms with van der Waals surface area (Å²) in [6.07, 6.45) is 5.53. The molecule has 0 spiro atoms. The molecule has 3 N–H and O–H groups in total. The number of hydrogen-bond acceptors (Lipinski definition) is 8. The Hall–Kier alpha value is -2.73. The number of nitrogens with one attached hydrogen (secondary N) is 1. The fourth-order valence-corrected chi connectivity index (χ4v) is 5.62. The van der Waals surface area contributed by atoms with E-state index in [0.29, 0.717) is 20.3 Å². The van der Waals surface area contributed by atoms with Gasteiger partial charge in [-0.15, -0.1) is 22.7 Å². The molecule has 0 atom stereocenters. The van der Waals surface area contributed by atoms with E-state index < -0.39 is 0 Å². The molecule has 1 fully saturated rings. The van der Waals surface area contributed by atoms with Gasteiger partial charge < -0.3 is 16.0 Å². The van der Waals surface area contributed by atoms with Crippen LogP contribution in [-0.2, 0) is 0 Å². The lowest BCUT2D eigenvalue weighted by molar-refractivity contribution is 0.104. The number of nitriles is 1. The van der Waals surface area contributed by atoms with Crippen molar-refractivity contribution in [3.8, 4) is 16.6 Å². The van der Waals surface area contributed by atoms with E-state index in [2.05, 4.69) is 21.3 Å². The predicted octanol–water partition coefficient (Wildman–Crippen LogP) is 4.45. The van der Waals surface area contributed by atoms with Gasteiger partial charge in [0.15, 0.2) is 0 Å². The second-order valence-electron chi connectivity index (χ2n) is 7.20. The van der Waals surface area contributed by atoms with E-state index in [9.17, 15) is 10.1 Å². The van der Waals surface area contributed by atoms with Crippen molar-refractivity contribution >= 4 is 39.1 Å². The first-order chi connectivity index (χ1) is 14.7. The van der Waals surface area contributed by atoms with E-state index in [1.807, 2.05) is 24.3 Å². The van der Waals surface area contributed by atoms with Crippen molar-refractivity contribution in [2.75, 3.05) is 37.2 Å². The Bertz CT molecular complexity index is 1060. The molecule has 4 rings (SSSR count). The molecule has 154 valence electrons. The van der Waals surface area contributed by atoms with E-state index in [1.165, 1.54) is 41.9 Å². The molecule has 1 saturated heterocycles. The van der Waals surface area contributed by atoms with Crippen LogP contribution in [-0.4, -0.2) is 41.8 Å². The third-order valence-corrected chi connectivity index (χ3v) is 7.44. The molecule has 30 heavy (non-hydrogen) atoms. The number of thiophene rings is 2. The van der Waals surface area contributed by atoms with Crippen molar-refractivity contribution < 1.29 is 4.79 Å². The Morgan fingerprint density at radius 3 is 2.77 bits per heavy atom. The number of rotatable bonds is 7. The number of likely N-dealkylation sites (tertiary alicyclic amines) is 1. The molecule has 1 aliphatic heterocycles. The minimum absolute atomic E-state index is 0.148. The molecule has 0 bridgehead atoms. The quantitative estimate of drug-likeness (QED) is 0.530. The SMILES string of the molecule is N#Cc1c(NCCN2CCCCC2)sc(C(=O)c2ccc(-c3ccccn3)s2)c1N. The first-order valence-corrected chi connectivity index (χ1v) is 11.6. The number of aromatic nitrogens is 1. The number of piperidine rings is 1. The average molecular weight is 438 g/mol. The number of nitrogens with two attached hydrogens (primary N) is 1. The molecule has 6 nitrogen and oxygen atoms in total. The van der Waals surface area contributed by atoms with Crippen LogP contribution in [0.3, 0.4) is 0 Å². The number of carbonyl (C=O) groups is 1. The second-order valence-corrected chi connectivity index (χ2v) is 9.30. The third-order valence-electron chi connectivity index (χ3n) is 5.17. The fourth-order valence-electron chi connectivity index (χ4n) is 3.58. The summed E-state index contributed by atoms with van der Waals surface area (Å²) in [5.41, 5.74) is 7.66. The number of pyridine rings is 1. The van der Waals surface area contributed by atoms with Gasteiger partial charge in [-0.3, -0.25) is 9.78 Å². The summed E-state index contributed by atoms with van der Waals surface area (Å²) < 4.78 is 0.